The molecule has 0 radical (unpaired) electrons. The van der Waals surface area contributed by atoms with Crippen LogP contribution >= 0.6 is 0 Å². The van der Waals surface area contributed by atoms with Gasteiger partial charge in [-0.05, 0) is 20.4 Å². The minimum Gasteiger partial charge on any atom is -0.304 e. The highest BCUT2D eigenvalue weighted by molar-refractivity contribution is 5.03. The van der Waals surface area contributed by atoms with Crippen molar-refractivity contribution in [2.75, 3.05) is 6.54 Å². The van der Waals surface area contributed by atoms with Gasteiger partial charge in [0.05, 0.1) is 6.04 Å². The molecule has 0 saturated carbocycles. The van der Waals surface area contributed by atoms with Gasteiger partial charge >= 0.3 is 0 Å². The van der Waals surface area contributed by atoms with Crippen molar-refractivity contribution < 1.29 is 0 Å². The van der Waals surface area contributed by atoms with Crippen LogP contribution in [0.2, 0.25) is 0 Å². The summed E-state index contributed by atoms with van der Waals surface area (Å²) in [5, 5.41) is 3.17. The largest absolute Gasteiger partial charge is 0.304 e. The van der Waals surface area contributed by atoms with E-state index in [4.69, 9.17) is 0 Å². The first kappa shape index (κ1) is 7.52. The smallest absolute Gasteiger partial charge is 0.0660 e. The number of nitrogens with one attached hydrogen (secondary N) is 1. The Kier molecular flexibility index (Phi) is 4.39. The molecule has 0 aromatic carbocycles. The summed E-state index contributed by atoms with van der Waals surface area (Å²) in [7, 11) is 0. The molecule has 0 heterocycles. The maximum Gasteiger partial charge on any atom is 0.0660 e. The third-order valence-corrected chi connectivity index (χ3v) is 0.871. The van der Waals surface area contributed by atoms with Gasteiger partial charge in [-0.2, -0.15) is 0 Å². The van der Waals surface area contributed by atoms with Gasteiger partial charge < -0.3 is 5.32 Å². The average Bonchev–Trinajstić information content (AvgIpc) is 1.68. The van der Waals surface area contributed by atoms with E-state index in [1.807, 2.05) is 6.92 Å². The summed E-state index contributed by atoms with van der Waals surface area (Å²) in [6.07, 6.45) is 0. The predicted molar refractivity (Wildman–Crippen MR) is 36.6 cm³/mol. The second-order valence-electron chi connectivity index (χ2n) is 1.67. The maximum atomic E-state index is 3.17. The molecule has 8 heavy (non-hydrogen) atoms. The highest BCUT2D eigenvalue weighted by Gasteiger charge is 1.87. The lowest BCUT2D eigenvalue weighted by atomic mass is 10.3. The van der Waals surface area contributed by atoms with E-state index in [1.54, 1.807) is 0 Å². The van der Waals surface area contributed by atoms with E-state index in [2.05, 4.69) is 31.0 Å². The summed E-state index contributed by atoms with van der Waals surface area (Å²) in [5.41, 5.74) is 0. The molecule has 0 bridgehead atoms. The Hall–Kier alpha value is -0.480. The molecule has 46 valence electrons. The zero-order valence-corrected chi connectivity index (χ0v) is 5.78. The molecular formula is C7H13N. The molecule has 0 aliphatic carbocycles. The van der Waals surface area contributed by atoms with Crippen LogP contribution in [0.4, 0.5) is 0 Å². The molecule has 1 nitrogen and oxygen atoms in total. The van der Waals surface area contributed by atoms with Crippen molar-refractivity contribution >= 4 is 0 Å². The molecule has 0 aromatic heterocycles. The van der Waals surface area contributed by atoms with Gasteiger partial charge in [-0.25, -0.2) is 0 Å². The summed E-state index contributed by atoms with van der Waals surface area (Å²) in [5.74, 6) is 5.83. The van der Waals surface area contributed by atoms with E-state index in [-0.39, 0.29) is 0 Å². The van der Waals surface area contributed by atoms with Crippen molar-refractivity contribution in [1.82, 2.24) is 5.32 Å². The molecule has 0 rings (SSSR count). The molecule has 0 aromatic rings. The van der Waals surface area contributed by atoms with Gasteiger partial charge in [-0.15, -0.1) is 5.92 Å². The molecule has 0 fully saturated rings. The Balaban J connectivity index is 3.27. The normalized spacial score (nSPS) is 11.9. The number of rotatable bonds is 2. The molecule has 0 saturated heterocycles. The first-order chi connectivity index (χ1) is 3.81. The second kappa shape index (κ2) is 4.67. The first-order valence-corrected chi connectivity index (χ1v) is 2.97. The molecule has 1 atom stereocenters. The van der Waals surface area contributed by atoms with E-state index in [0.717, 1.165) is 6.54 Å². The van der Waals surface area contributed by atoms with Crippen molar-refractivity contribution in [3.63, 3.8) is 0 Å². The van der Waals surface area contributed by atoms with Gasteiger partial charge in [0.1, 0.15) is 0 Å². The monoisotopic (exact) mass is 111 g/mol. The lowest BCUT2D eigenvalue weighted by Gasteiger charge is -2.01. The Morgan fingerprint density at radius 1 is 1.62 bits per heavy atom. The second-order valence-corrected chi connectivity index (χ2v) is 1.67. The summed E-state index contributed by atoms with van der Waals surface area (Å²) in [6, 6.07) is 0.352. The van der Waals surface area contributed by atoms with Crippen molar-refractivity contribution in [2.45, 2.75) is 26.8 Å². The maximum absolute atomic E-state index is 3.17. The zero-order valence-electron chi connectivity index (χ0n) is 5.78. The molecule has 1 heteroatoms. The molecular weight excluding hydrogens is 98.1 g/mol. The van der Waals surface area contributed by atoms with Crippen molar-refractivity contribution in [2.24, 2.45) is 0 Å². The van der Waals surface area contributed by atoms with Gasteiger partial charge in [0.25, 0.3) is 0 Å². The molecule has 1 unspecified atom stereocenters. The fourth-order valence-electron chi connectivity index (χ4n) is 0.574. The zero-order chi connectivity index (χ0) is 6.41. The third-order valence-electron chi connectivity index (χ3n) is 0.871. The lowest BCUT2D eigenvalue weighted by Crippen LogP contribution is -2.23. The van der Waals surface area contributed by atoms with Gasteiger partial charge in [0.15, 0.2) is 0 Å². The Morgan fingerprint density at radius 2 is 2.25 bits per heavy atom. The van der Waals surface area contributed by atoms with Crippen LogP contribution in [0, 0.1) is 11.8 Å². The third kappa shape index (κ3) is 3.70. The summed E-state index contributed by atoms with van der Waals surface area (Å²) in [4.78, 5) is 0. The average molecular weight is 111 g/mol. The molecule has 0 amide bonds. The molecule has 0 spiro atoms. The van der Waals surface area contributed by atoms with Gasteiger partial charge in [0, 0.05) is 0 Å². The van der Waals surface area contributed by atoms with Gasteiger partial charge in [-0.1, -0.05) is 12.8 Å². The standard InChI is InChI=1S/C7H13N/c1-4-6-7(3)8-5-2/h7-8H,5H2,1-3H3. The van der Waals surface area contributed by atoms with Crippen molar-refractivity contribution in [3.8, 4) is 11.8 Å². The first-order valence-electron chi connectivity index (χ1n) is 2.97. The Labute approximate surface area is 51.5 Å². The number of hydrogen-bond acceptors (Lipinski definition) is 1. The van der Waals surface area contributed by atoms with Crippen molar-refractivity contribution in [1.29, 1.82) is 0 Å². The van der Waals surface area contributed by atoms with E-state index < -0.39 is 0 Å². The van der Waals surface area contributed by atoms with Gasteiger partial charge in [0.2, 0.25) is 0 Å². The van der Waals surface area contributed by atoms with Crippen LogP contribution in [0.3, 0.4) is 0 Å². The fourth-order valence-corrected chi connectivity index (χ4v) is 0.574. The highest BCUT2D eigenvalue weighted by atomic mass is 14.9. The SMILES string of the molecule is CC#CC(C)NCC. The van der Waals surface area contributed by atoms with Crippen LogP contribution in [0.25, 0.3) is 0 Å². The molecule has 0 aliphatic rings. The van der Waals surface area contributed by atoms with Crippen LogP contribution < -0.4 is 5.32 Å². The minimum atomic E-state index is 0.352. The topological polar surface area (TPSA) is 12.0 Å². The summed E-state index contributed by atoms with van der Waals surface area (Å²) >= 11 is 0. The number of hydrogen-bond donors (Lipinski definition) is 1. The lowest BCUT2D eigenvalue weighted by molar-refractivity contribution is 0.676. The van der Waals surface area contributed by atoms with Crippen molar-refractivity contribution in [3.05, 3.63) is 0 Å². The molecule has 0 aliphatic heterocycles. The van der Waals surface area contributed by atoms with E-state index in [0.29, 0.717) is 6.04 Å². The Bertz CT molecular complexity index is 96.7. The summed E-state index contributed by atoms with van der Waals surface area (Å²) < 4.78 is 0. The minimum absolute atomic E-state index is 0.352. The molecule has 1 N–H and O–H groups in total. The van der Waals surface area contributed by atoms with Gasteiger partial charge in [-0.3, -0.25) is 0 Å². The predicted octanol–water partition coefficient (Wildman–Crippen LogP) is 1.01. The van der Waals surface area contributed by atoms with Crippen LogP contribution in [0.1, 0.15) is 20.8 Å². The van der Waals surface area contributed by atoms with E-state index in [1.165, 1.54) is 0 Å². The van der Waals surface area contributed by atoms with Crippen LogP contribution in [0.15, 0.2) is 0 Å². The highest BCUT2D eigenvalue weighted by Crippen LogP contribution is 1.73. The summed E-state index contributed by atoms with van der Waals surface area (Å²) in [6.45, 7) is 6.98. The van der Waals surface area contributed by atoms with Crippen LogP contribution in [0.5, 0.6) is 0 Å². The quantitative estimate of drug-likeness (QED) is 0.524. The van der Waals surface area contributed by atoms with E-state index in [9.17, 15) is 0 Å². The van der Waals surface area contributed by atoms with E-state index >= 15 is 0 Å². The van der Waals surface area contributed by atoms with Crippen LogP contribution in [-0.4, -0.2) is 12.6 Å². The Morgan fingerprint density at radius 3 is 2.62 bits per heavy atom. The van der Waals surface area contributed by atoms with Crippen LogP contribution in [-0.2, 0) is 0 Å². The fraction of sp³-hybridized carbons (Fsp3) is 0.714.